The second-order valence-corrected chi connectivity index (χ2v) is 4.99. The van der Waals surface area contributed by atoms with E-state index in [0.717, 1.165) is 12.4 Å². The van der Waals surface area contributed by atoms with E-state index in [4.69, 9.17) is 0 Å². The lowest BCUT2D eigenvalue weighted by Gasteiger charge is -2.16. The zero-order valence-corrected chi connectivity index (χ0v) is 10.7. The maximum atomic E-state index is 4.43. The van der Waals surface area contributed by atoms with Gasteiger partial charge in [-0.25, -0.2) is 4.98 Å². The molecule has 0 aliphatic rings. The van der Waals surface area contributed by atoms with Crippen molar-refractivity contribution in [1.82, 2.24) is 14.9 Å². The summed E-state index contributed by atoms with van der Waals surface area (Å²) in [6, 6.07) is 2.43. The van der Waals surface area contributed by atoms with Gasteiger partial charge in [-0.2, -0.15) is 0 Å². The van der Waals surface area contributed by atoms with Gasteiger partial charge < -0.3 is 9.88 Å². The van der Waals surface area contributed by atoms with Crippen molar-refractivity contribution in [3.63, 3.8) is 0 Å². The van der Waals surface area contributed by atoms with Gasteiger partial charge in [0.25, 0.3) is 0 Å². The minimum absolute atomic E-state index is 0.204. The van der Waals surface area contributed by atoms with Gasteiger partial charge >= 0.3 is 0 Å². The number of hydrogen-bond acceptors (Lipinski definition) is 3. The van der Waals surface area contributed by atoms with E-state index < -0.39 is 0 Å². The van der Waals surface area contributed by atoms with Crippen LogP contribution in [0.1, 0.15) is 29.2 Å². The number of aryl methyl sites for hydroxylation is 2. The van der Waals surface area contributed by atoms with Crippen LogP contribution < -0.4 is 5.32 Å². The third-order valence-electron chi connectivity index (χ3n) is 2.61. The Bertz CT molecular complexity index is 458. The average molecular weight is 235 g/mol. The molecule has 2 aromatic rings. The summed E-state index contributed by atoms with van der Waals surface area (Å²) in [6.45, 7) is 5.19. The highest BCUT2D eigenvalue weighted by Gasteiger charge is 2.17. The molecule has 2 rings (SSSR count). The fourth-order valence-electron chi connectivity index (χ4n) is 1.83. The Morgan fingerprint density at radius 3 is 2.88 bits per heavy atom. The highest BCUT2D eigenvalue weighted by molar-refractivity contribution is 7.10. The van der Waals surface area contributed by atoms with Crippen molar-refractivity contribution in [2.45, 2.75) is 19.9 Å². The molecule has 0 amide bonds. The first-order valence-corrected chi connectivity index (χ1v) is 6.36. The summed E-state index contributed by atoms with van der Waals surface area (Å²) in [5.41, 5.74) is 1.30. The van der Waals surface area contributed by atoms with Crippen molar-refractivity contribution < 1.29 is 0 Å². The molecule has 0 aliphatic heterocycles. The van der Waals surface area contributed by atoms with Gasteiger partial charge in [-0.15, -0.1) is 11.3 Å². The van der Waals surface area contributed by atoms with E-state index in [1.165, 1.54) is 10.4 Å². The molecule has 1 atom stereocenters. The highest BCUT2D eigenvalue weighted by atomic mass is 32.1. The molecule has 1 N–H and O–H groups in total. The van der Waals surface area contributed by atoms with Crippen molar-refractivity contribution in [3.8, 4) is 0 Å². The number of thiophene rings is 1. The predicted octanol–water partition coefficient (Wildman–Crippen LogP) is 2.49. The summed E-state index contributed by atoms with van der Waals surface area (Å²) in [5, 5.41) is 5.68. The third-order valence-corrected chi connectivity index (χ3v) is 3.49. The third kappa shape index (κ3) is 2.18. The molecule has 0 saturated carbocycles. The molecular formula is C12H17N3S. The number of imidazole rings is 1. The molecule has 0 aromatic carbocycles. The summed E-state index contributed by atoms with van der Waals surface area (Å²) >= 11 is 1.78. The van der Waals surface area contributed by atoms with Crippen LogP contribution in [0.4, 0.5) is 0 Å². The Kier molecular flexibility index (Phi) is 3.41. The zero-order chi connectivity index (χ0) is 11.5. The summed E-state index contributed by atoms with van der Waals surface area (Å²) in [4.78, 5) is 5.77. The van der Waals surface area contributed by atoms with E-state index in [1.807, 2.05) is 19.4 Å². The first kappa shape index (κ1) is 11.4. The lowest BCUT2D eigenvalue weighted by molar-refractivity contribution is 0.578. The number of nitrogens with one attached hydrogen (secondary N) is 1. The monoisotopic (exact) mass is 235 g/mol. The van der Waals surface area contributed by atoms with Crippen LogP contribution in [-0.2, 0) is 7.05 Å². The molecule has 3 nitrogen and oxygen atoms in total. The molecule has 2 heterocycles. The van der Waals surface area contributed by atoms with Gasteiger partial charge in [0, 0.05) is 24.3 Å². The van der Waals surface area contributed by atoms with Crippen molar-refractivity contribution in [2.24, 2.45) is 7.05 Å². The molecule has 0 aliphatic carbocycles. The first-order valence-electron chi connectivity index (χ1n) is 5.48. The van der Waals surface area contributed by atoms with Gasteiger partial charge in [-0.3, -0.25) is 0 Å². The maximum absolute atomic E-state index is 4.43. The van der Waals surface area contributed by atoms with Crippen molar-refractivity contribution in [2.75, 3.05) is 6.54 Å². The fourth-order valence-corrected chi connectivity index (χ4v) is 2.56. The Labute approximate surface area is 100 Å². The van der Waals surface area contributed by atoms with Crippen molar-refractivity contribution in [3.05, 3.63) is 40.1 Å². The quantitative estimate of drug-likeness (QED) is 0.882. The molecule has 0 fully saturated rings. The molecule has 2 aromatic heterocycles. The van der Waals surface area contributed by atoms with Crippen LogP contribution in [0.15, 0.2) is 23.8 Å². The molecular weight excluding hydrogens is 218 g/mol. The standard InChI is InChI=1S/C12H17N3S/c1-4-13-11(10-7-9(2)16-8-10)12-14-5-6-15(12)3/h5-8,11,13H,4H2,1-3H3. The van der Waals surface area contributed by atoms with E-state index in [1.54, 1.807) is 11.3 Å². The smallest absolute Gasteiger partial charge is 0.130 e. The number of aromatic nitrogens is 2. The van der Waals surface area contributed by atoms with Gasteiger partial charge in [0.15, 0.2) is 0 Å². The van der Waals surface area contributed by atoms with Crippen LogP contribution in [0.25, 0.3) is 0 Å². The molecule has 0 saturated heterocycles. The summed E-state index contributed by atoms with van der Waals surface area (Å²) in [6.07, 6.45) is 3.83. The molecule has 86 valence electrons. The number of rotatable bonds is 4. The van der Waals surface area contributed by atoms with Crippen LogP contribution >= 0.6 is 11.3 Å². The van der Waals surface area contributed by atoms with Gasteiger partial charge in [0.2, 0.25) is 0 Å². The predicted molar refractivity (Wildman–Crippen MR) is 67.8 cm³/mol. The maximum Gasteiger partial charge on any atom is 0.130 e. The lowest BCUT2D eigenvalue weighted by Crippen LogP contribution is -2.24. The summed E-state index contributed by atoms with van der Waals surface area (Å²) < 4.78 is 2.07. The molecule has 0 spiro atoms. The van der Waals surface area contributed by atoms with E-state index >= 15 is 0 Å². The average Bonchev–Trinajstić information content (AvgIpc) is 2.84. The van der Waals surface area contributed by atoms with Gasteiger partial charge in [-0.05, 0) is 30.5 Å². The van der Waals surface area contributed by atoms with Gasteiger partial charge in [0.05, 0.1) is 6.04 Å². The van der Waals surface area contributed by atoms with Crippen molar-refractivity contribution >= 4 is 11.3 Å². The van der Waals surface area contributed by atoms with E-state index in [-0.39, 0.29) is 6.04 Å². The summed E-state index contributed by atoms with van der Waals surface area (Å²) in [5.74, 6) is 1.07. The van der Waals surface area contributed by atoms with Crippen molar-refractivity contribution in [1.29, 1.82) is 0 Å². The van der Waals surface area contributed by atoms with Crippen LogP contribution in [0, 0.1) is 6.92 Å². The highest BCUT2D eigenvalue weighted by Crippen LogP contribution is 2.24. The van der Waals surface area contributed by atoms with Gasteiger partial charge in [-0.1, -0.05) is 6.92 Å². The normalized spacial score (nSPS) is 12.9. The minimum Gasteiger partial charge on any atom is -0.336 e. The Balaban J connectivity index is 2.34. The van der Waals surface area contributed by atoms with Crippen LogP contribution in [0.5, 0.6) is 0 Å². The fraction of sp³-hybridized carbons (Fsp3) is 0.417. The van der Waals surface area contributed by atoms with Gasteiger partial charge in [0.1, 0.15) is 5.82 Å². The molecule has 0 bridgehead atoms. The molecule has 16 heavy (non-hydrogen) atoms. The van der Waals surface area contributed by atoms with Crippen LogP contribution in [0.3, 0.4) is 0 Å². The minimum atomic E-state index is 0.204. The Hall–Kier alpha value is -1.13. The molecule has 4 heteroatoms. The largest absolute Gasteiger partial charge is 0.336 e. The molecule has 1 unspecified atom stereocenters. The molecule has 0 radical (unpaired) electrons. The van der Waals surface area contributed by atoms with Crippen LogP contribution in [0.2, 0.25) is 0 Å². The zero-order valence-electron chi connectivity index (χ0n) is 9.90. The lowest BCUT2D eigenvalue weighted by atomic mass is 10.1. The summed E-state index contributed by atoms with van der Waals surface area (Å²) in [7, 11) is 2.03. The van der Waals surface area contributed by atoms with E-state index in [0.29, 0.717) is 0 Å². The second-order valence-electron chi connectivity index (χ2n) is 3.88. The van der Waals surface area contributed by atoms with E-state index in [2.05, 4.69) is 40.2 Å². The SMILES string of the molecule is CCNC(c1csc(C)c1)c1nccn1C. The van der Waals surface area contributed by atoms with E-state index in [9.17, 15) is 0 Å². The first-order chi connectivity index (χ1) is 7.72. The topological polar surface area (TPSA) is 29.9 Å². The van der Waals surface area contributed by atoms with Crippen LogP contribution in [-0.4, -0.2) is 16.1 Å². The Morgan fingerprint density at radius 1 is 1.56 bits per heavy atom. The number of nitrogens with zero attached hydrogens (tertiary/aromatic N) is 2. The second kappa shape index (κ2) is 4.80. The number of hydrogen-bond donors (Lipinski definition) is 1. The Morgan fingerprint density at radius 2 is 2.38 bits per heavy atom.